The van der Waals surface area contributed by atoms with E-state index in [-0.39, 0.29) is 36.8 Å². The molecule has 0 saturated carbocycles. The Balaban J connectivity index is 2.28. The van der Waals surface area contributed by atoms with E-state index < -0.39 is 29.7 Å². The highest BCUT2D eigenvalue weighted by atomic mass is 16.5. The number of anilines is 2. The van der Waals surface area contributed by atoms with Crippen molar-refractivity contribution in [2.75, 3.05) is 51.2 Å². The van der Waals surface area contributed by atoms with Gasteiger partial charge in [0.2, 0.25) is 0 Å². The minimum atomic E-state index is -0.827. The Morgan fingerprint density at radius 1 is 1.14 bits per heavy atom. The molecule has 0 atom stereocenters. The zero-order chi connectivity index (χ0) is 26.0. The van der Waals surface area contributed by atoms with Crippen LogP contribution in [-0.4, -0.2) is 62.0 Å². The van der Waals surface area contributed by atoms with Crippen molar-refractivity contribution in [2.24, 2.45) is 0 Å². The molecule has 12 nitrogen and oxygen atoms in total. The van der Waals surface area contributed by atoms with E-state index >= 15 is 0 Å². The van der Waals surface area contributed by atoms with Gasteiger partial charge in [-0.1, -0.05) is 13.3 Å². The third kappa shape index (κ3) is 6.85. The zero-order valence-corrected chi connectivity index (χ0v) is 20.4. The fourth-order valence-corrected chi connectivity index (χ4v) is 3.28. The minimum absolute atomic E-state index is 0.0526. The van der Waals surface area contributed by atoms with E-state index in [0.717, 1.165) is 11.3 Å². The summed E-state index contributed by atoms with van der Waals surface area (Å²) in [5, 5.41) is 0. The molecule has 12 heteroatoms. The van der Waals surface area contributed by atoms with Crippen LogP contribution < -0.4 is 31.4 Å². The number of carbonyl (C=O) groups is 2. The highest BCUT2D eigenvalue weighted by molar-refractivity contribution is 5.98. The predicted molar refractivity (Wildman–Crippen MR) is 129 cm³/mol. The largest absolute Gasteiger partial charge is 0.493 e. The molecule has 0 radical (unpaired) electrons. The molecular formula is C23H32N4O8. The fraction of sp³-hybridized carbons (Fsp3) is 0.478. The van der Waals surface area contributed by atoms with Crippen LogP contribution in [0, 0.1) is 0 Å². The maximum absolute atomic E-state index is 13.0. The molecule has 2 rings (SSSR count). The van der Waals surface area contributed by atoms with Crippen molar-refractivity contribution >= 4 is 23.4 Å². The third-order valence-electron chi connectivity index (χ3n) is 5.07. The molecule has 0 bridgehead atoms. The normalized spacial score (nSPS) is 10.6. The summed E-state index contributed by atoms with van der Waals surface area (Å²) in [5.41, 5.74) is 4.57. The quantitative estimate of drug-likeness (QED) is 0.392. The Morgan fingerprint density at radius 2 is 1.89 bits per heavy atom. The van der Waals surface area contributed by atoms with Gasteiger partial charge < -0.3 is 24.7 Å². The Hall–Kier alpha value is -3.80. The molecule has 0 aliphatic carbocycles. The Kier molecular flexibility index (Phi) is 10.3. The van der Waals surface area contributed by atoms with Crippen molar-refractivity contribution < 1.29 is 28.5 Å². The molecule has 1 heterocycles. The smallest absolute Gasteiger partial charge is 0.338 e. The average Bonchev–Trinajstić information content (AvgIpc) is 2.84. The lowest BCUT2D eigenvalue weighted by molar-refractivity contribution is -0.121. The van der Waals surface area contributed by atoms with E-state index in [2.05, 4.69) is 4.98 Å². The van der Waals surface area contributed by atoms with Crippen molar-refractivity contribution in [1.82, 2.24) is 9.55 Å². The molecule has 0 saturated heterocycles. The third-order valence-corrected chi connectivity index (χ3v) is 5.07. The number of aromatic nitrogens is 2. The second-order valence-electron chi connectivity index (χ2n) is 7.41. The molecule has 3 N–H and O–H groups in total. The number of nitrogens with one attached hydrogen (secondary N) is 1. The molecular weight excluding hydrogens is 460 g/mol. The molecule has 0 aliphatic rings. The maximum Gasteiger partial charge on any atom is 0.338 e. The van der Waals surface area contributed by atoms with Crippen LogP contribution in [0.2, 0.25) is 0 Å². The number of esters is 1. The summed E-state index contributed by atoms with van der Waals surface area (Å²) in [4.78, 5) is 53.6. The molecule has 35 heavy (non-hydrogen) atoms. The molecule has 1 amide bonds. The van der Waals surface area contributed by atoms with Crippen LogP contribution in [0.4, 0.5) is 11.5 Å². The van der Waals surface area contributed by atoms with Crippen molar-refractivity contribution in [3.05, 3.63) is 44.6 Å². The van der Waals surface area contributed by atoms with Crippen LogP contribution >= 0.6 is 0 Å². The van der Waals surface area contributed by atoms with Gasteiger partial charge in [0.15, 0.2) is 23.8 Å². The maximum atomic E-state index is 13.0. The summed E-state index contributed by atoms with van der Waals surface area (Å²) in [5.74, 6) is -0.851. The number of unbranched alkanes of at least 4 members (excludes halogenated alkanes) is 1. The molecule has 0 unspecified atom stereocenters. The van der Waals surface area contributed by atoms with Crippen molar-refractivity contribution in [1.29, 1.82) is 0 Å². The lowest BCUT2D eigenvalue weighted by atomic mass is 10.2. The van der Waals surface area contributed by atoms with E-state index in [1.54, 1.807) is 6.07 Å². The van der Waals surface area contributed by atoms with Crippen LogP contribution in [-0.2, 0) is 20.8 Å². The summed E-state index contributed by atoms with van der Waals surface area (Å²) in [7, 11) is 2.86. The van der Waals surface area contributed by atoms with Gasteiger partial charge in [-0.3, -0.25) is 24.0 Å². The van der Waals surface area contributed by atoms with E-state index in [0.29, 0.717) is 24.5 Å². The van der Waals surface area contributed by atoms with Gasteiger partial charge in [-0.2, -0.15) is 0 Å². The molecule has 2 aromatic rings. The van der Waals surface area contributed by atoms with Gasteiger partial charge in [0, 0.05) is 20.2 Å². The summed E-state index contributed by atoms with van der Waals surface area (Å²) in [6.45, 7) is 3.79. The SMILES string of the molecule is CCCCn1c(N)c(N(CCOC)C(=O)COC(=O)c2ccc(OCC)c(OC)c2)c(=O)[nH]c1=O. The van der Waals surface area contributed by atoms with E-state index in [1.165, 1.54) is 30.9 Å². The van der Waals surface area contributed by atoms with Crippen LogP contribution in [0.5, 0.6) is 11.5 Å². The molecule has 1 aromatic heterocycles. The van der Waals surface area contributed by atoms with Gasteiger partial charge in [0.25, 0.3) is 11.5 Å². The molecule has 0 aliphatic heterocycles. The molecule has 0 spiro atoms. The first-order chi connectivity index (χ1) is 16.8. The Bertz CT molecular complexity index is 1140. The van der Waals surface area contributed by atoms with E-state index in [1.807, 2.05) is 13.8 Å². The average molecular weight is 493 g/mol. The lowest BCUT2D eigenvalue weighted by Crippen LogP contribution is -2.44. The topological polar surface area (TPSA) is 155 Å². The number of nitrogen functional groups attached to an aromatic ring is 1. The predicted octanol–water partition coefficient (Wildman–Crippen LogP) is 1.16. The Morgan fingerprint density at radius 3 is 2.51 bits per heavy atom. The van der Waals surface area contributed by atoms with Crippen molar-refractivity contribution in [3.63, 3.8) is 0 Å². The number of ether oxygens (including phenoxy) is 4. The first kappa shape index (κ1) is 27.4. The number of methoxy groups -OCH3 is 2. The number of hydrogen-bond acceptors (Lipinski definition) is 9. The van der Waals surface area contributed by atoms with Crippen molar-refractivity contribution in [3.8, 4) is 11.5 Å². The molecule has 1 aromatic carbocycles. The second kappa shape index (κ2) is 13.2. The van der Waals surface area contributed by atoms with E-state index in [4.69, 9.17) is 24.7 Å². The minimum Gasteiger partial charge on any atom is -0.493 e. The second-order valence-corrected chi connectivity index (χ2v) is 7.41. The fourth-order valence-electron chi connectivity index (χ4n) is 3.28. The number of nitrogens with zero attached hydrogens (tertiary/aromatic N) is 2. The number of carbonyl (C=O) groups excluding carboxylic acids is 2. The van der Waals surface area contributed by atoms with Gasteiger partial charge in [-0.25, -0.2) is 9.59 Å². The standard InChI is InChI=1S/C23H32N4O8/c1-5-7-10-27-20(24)19(21(29)25-23(27)31)26(11-12-32-3)18(28)14-35-22(30)15-8-9-16(34-6-2)17(13-15)33-4/h8-9,13H,5-7,10-12,14,24H2,1-4H3,(H,25,29,31). The van der Waals surface area contributed by atoms with Gasteiger partial charge in [-0.05, 0) is 31.5 Å². The van der Waals surface area contributed by atoms with Gasteiger partial charge in [-0.15, -0.1) is 0 Å². The first-order valence-corrected chi connectivity index (χ1v) is 11.2. The van der Waals surface area contributed by atoms with Gasteiger partial charge in [0.05, 0.1) is 25.9 Å². The summed E-state index contributed by atoms with van der Waals surface area (Å²) >= 11 is 0. The number of benzene rings is 1. The van der Waals surface area contributed by atoms with Crippen LogP contribution in [0.3, 0.4) is 0 Å². The van der Waals surface area contributed by atoms with Crippen LogP contribution in [0.1, 0.15) is 37.0 Å². The van der Waals surface area contributed by atoms with Crippen LogP contribution in [0.15, 0.2) is 27.8 Å². The van der Waals surface area contributed by atoms with Gasteiger partial charge in [0.1, 0.15) is 5.82 Å². The van der Waals surface area contributed by atoms with Gasteiger partial charge >= 0.3 is 11.7 Å². The van der Waals surface area contributed by atoms with Crippen molar-refractivity contribution in [2.45, 2.75) is 33.2 Å². The lowest BCUT2D eigenvalue weighted by Gasteiger charge is -2.24. The van der Waals surface area contributed by atoms with Crippen LogP contribution in [0.25, 0.3) is 0 Å². The number of H-pyrrole nitrogens is 1. The number of hydrogen-bond donors (Lipinski definition) is 2. The number of amides is 1. The highest BCUT2D eigenvalue weighted by Gasteiger charge is 2.25. The number of aromatic amines is 1. The summed E-state index contributed by atoms with van der Waals surface area (Å²) in [6.07, 6.45) is 1.43. The number of rotatable bonds is 13. The monoisotopic (exact) mass is 492 g/mol. The molecule has 0 fully saturated rings. The van der Waals surface area contributed by atoms with E-state index in [9.17, 15) is 19.2 Å². The zero-order valence-electron chi connectivity index (χ0n) is 20.4. The Labute approximate surface area is 202 Å². The first-order valence-electron chi connectivity index (χ1n) is 11.2. The molecule has 192 valence electrons. The number of nitrogens with two attached hydrogens (primary N) is 1. The summed E-state index contributed by atoms with van der Waals surface area (Å²) < 4.78 is 22.1. The highest BCUT2D eigenvalue weighted by Crippen LogP contribution is 2.28. The summed E-state index contributed by atoms with van der Waals surface area (Å²) in [6, 6.07) is 4.48.